The van der Waals surface area contributed by atoms with Crippen molar-refractivity contribution >= 4 is 11.8 Å². The van der Waals surface area contributed by atoms with Crippen LogP contribution in [0.25, 0.3) is 0 Å². The lowest BCUT2D eigenvalue weighted by Crippen LogP contribution is -2.24. The highest BCUT2D eigenvalue weighted by atomic mass is 16.4. The minimum atomic E-state index is -0.726. The third-order valence-corrected chi connectivity index (χ3v) is 3.29. The van der Waals surface area contributed by atoms with E-state index in [0.29, 0.717) is 12.3 Å². The van der Waals surface area contributed by atoms with E-state index in [4.69, 9.17) is 5.11 Å². The summed E-state index contributed by atoms with van der Waals surface area (Å²) >= 11 is 0. The van der Waals surface area contributed by atoms with Gasteiger partial charge >= 0.3 is 5.97 Å². The lowest BCUT2D eigenvalue weighted by atomic mass is 9.76. The smallest absolute Gasteiger partial charge is 0.303 e. The number of nitrogens with zero attached hydrogens (tertiary/aromatic N) is 2. The Labute approximate surface area is 114 Å². The third kappa shape index (κ3) is 6.18. The van der Waals surface area contributed by atoms with Gasteiger partial charge in [-0.3, -0.25) is 9.78 Å². The zero-order valence-electron chi connectivity index (χ0n) is 11.9. The van der Waals surface area contributed by atoms with Crippen LogP contribution < -0.4 is 5.32 Å². The summed E-state index contributed by atoms with van der Waals surface area (Å²) < 4.78 is 0. The normalized spacial score (nSPS) is 13.0. The first-order chi connectivity index (χ1) is 8.89. The summed E-state index contributed by atoms with van der Waals surface area (Å²) in [5.41, 5.74) is 0.111. The van der Waals surface area contributed by atoms with Gasteiger partial charge in [-0.1, -0.05) is 20.8 Å². The van der Waals surface area contributed by atoms with E-state index in [9.17, 15) is 4.79 Å². The maximum atomic E-state index is 10.7. The largest absolute Gasteiger partial charge is 0.481 e. The van der Waals surface area contributed by atoms with Crippen LogP contribution in [0.15, 0.2) is 18.6 Å². The van der Waals surface area contributed by atoms with Gasteiger partial charge in [0.1, 0.15) is 5.82 Å². The fourth-order valence-electron chi connectivity index (χ4n) is 2.07. The molecule has 5 heteroatoms. The molecule has 1 unspecified atom stereocenters. The molecule has 1 rings (SSSR count). The standard InChI is InChI=1S/C14H23N3O2/c1-14(2,3)11(4-5-13(18)19)6-7-16-12-10-15-8-9-17-12/h8-11H,4-7H2,1-3H3,(H,16,17)(H,18,19). The van der Waals surface area contributed by atoms with Crippen molar-refractivity contribution in [1.29, 1.82) is 0 Å². The van der Waals surface area contributed by atoms with E-state index in [1.54, 1.807) is 18.6 Å². The summed E-state index contributed by atoms with van der Waals surface area (Å²) in [4.78, 5) is 18.8. The van der Waals surface area contributed by atoms with E-state index in [1.165, 1.54) is 0 Å². The van der Waals surface area contributed by atoms with Crippen molar-refractivity contribution in [2.75, 3.05) is 11.9 Å². The van der Waals surface area contributed by atoms with Crippen LogP contribution >= 0.6 is 0 Å². The SMILES string of the molecule is CC(C)(C)C(CCNc1cnccn1)CCC(=O)O. The molecule has 1 atom stereocenters. The van der Waals surface area contributed by atoms with Crippen molar-refractivity contribution in [2.45, 2.75) is 40.0 Å². The lowest BCUT2D eigenvalue weighted by Gasteiger charge is -2.30. The van der Waals surface area contributed by atoms with Crippen LogP contribution in [0, 0.1) is 11.3 Å². The number of aliphatic carboxylic acids is 1. The number of nitrogens with one attached hydrogen (secondary N) is 1. The Kier molecular flexibility index (Phi) is 5.73. The van der Waals surface area contributed by atoms with Gasteiger partial charge in [0.25, 0.3) is 0 Å². The Balaban J connectivity index is 2.42. The number of carboxylic acids is 1. The number of hydrogen-bond donors (Lipinski definition) is 2. The number of anilines is 1. The van der Waals surface area contributed by atoms with E-state index in [1.807, 2.05) is 0 Å². The summed E-state index contributed by atoms with van der Waals surface area (Å²) in [7, 11) is 0. The highest BCUT2D eigenvalue weighted by molar-refractivity contribution is 5.66. The second-order valence-corrected chi connectivity index (χ2v) is 5.80. The molecular weight excluding hydrogens is 242 g/mol. The molecule has 0 saturated carbocycles. The van der Waals surface area contributed by atoms with Crippen molar-refractivity contribution in [1.82, 2.24) is 9.97 Å². The van der Waals surface area contributed by atoms with E-state index < -0.39 is 5.97 Å². The first-order valence-corrected chi connectivity index (χ1v) is 6.61. The number of carbonyl (C=O) groups is 1. The quantitative estimate of drug-likeness (QED) is 0.793. The van der Waals surface area contributed by atoms with E-state index in [-0.39, 0.29) is 11.8 Å². The highest BCUT2D eigenvalue weighted by Gasteiger charge is 2.24. The maximum absolute atomic E-state index is 10.7. The lowest BCUT2D eigenvalue weighted by molar-refractivity contribution is -0.137. The van der Waals surface area contributed by atoms with Gasteiger partial charge in [0.15, 0.2) is 0 Å². The molecule has 0 radical (unpaired) electrons. The molecule has 0 bridgehead atoms. The van der Waals surface area contributed by atoms with Crippen LogP contribution in [0.3, 0.4) is 0 Å². The molecule has 0 fully saturated rings. The molecule has 1 heterocycles. The van der Waals surface area contributed by atoms with Gasteiger partial charge in [0, 0.05) is 25.4 Å². The second kappa shape index (κ2) is 7.07. The highest BCUT2D eigenvalue weighted by Crippen LogP contribution is 2.32. The molecule has 1 aromatic rings. The topological polar surface area (TPSA) is 75.1 Å². The molecule has 2 N–H and O–H groups in total. The molecule has 19 heavy (non-hydrogen) atoms. The average molecular weight is 265 g/mol. The molecule has 0 aliphatic rings. The molecular formula is C14H23N3O2. The van der Waals surface area contributed by atoms with Crippen molar-refractivity contribution in [2.24, 2.45) is 11.3 Å². The first kappa shape index (κ1) is 15.4. The van der Waals surface area contributed by atoms with Crippen LogP contribution in [0.1, 0.15) is 40.0 Å². The number of aromatic nitrogens is 2. The summed E-state index contributed by atoms with van der Waals surface area (Å²) in [5, 5.41) is 12.0. The zero-order chi connectivity index (χ0) is 14.3. The van der Waals surface area contributed by atoms with Gasteiger partial charge in [-0.25, -0.2) is 4.98 Å². The van der Waals surface area contributed by atoms with Gasteiger partial charge < -0.3 is 10.4 Å². The summed E-state index contributed by atoms with van der Waals surface area (Å²) in [6.45, 7) is 7.24. The summed E-state index contributed by atoms with van der Waals surface area (Å²) in [5.74, 6) is 0.400. The molecule has 0 amide bonds. The Morgan fingerprint density at radius 2 is 2.11 bits per heavy atom. The van der Waals surface area contributed by atoms with Gasteiger partial charge in [0.05, 0.1) is 6.20 Å². The first-order valence-electron chi connectivity index (χ1n) is 6.61. The molecule has 0 saturated heterocycles. The zero-order valence-corrected chi connectivity index (χ0v) is 11.9. The molecule has 106 valence electrons. The Hall–Kier alpha value is -1.65. The molecule has 5 nitrogen and oxygen atoms in total. The van der Waals surface area contributed by atoms with Crippen molar-refractivity contribution in [3.63, 3.8) is 0 Å². The van der Waals surface area contributed by atoms with E-state index >= 15 is 0 Å². The van der Waals surface area contributed by atoms with Gasteiger partial charge in [-0.2, -0.15) is 0 Å². The average Bonchev–Trinajstić information content (AvgIpc) is 2.33. The van der Waals surface area contributed by atoms with Gasteiger partial charge in [0.2, 0.25) is 0 Å². The molecule has 0 aliphatic heterocycles. The number of carboxylic acid groups (broad SMARTS) is 1. The van der Waals surface area contributed by atoms with Crippen LogP contribution in [0.5, 0.6) is 0 Å². The van der Waals surface area contributed by atoms with Crippen LogP contribution in [0.2, 0.25) is 0 Å². The fraction of sp³-hybridized carbons (Fsp3) is 0.643. The van der Waals surface area contributed by atoms with Crippen molar-refractivity contribution in [3.05, 3.63) is 18.6 Å². The molecule has 1 aromatic heterocycles. The number of hydrogen-bond acceptors (Lipinski definition) is 4. The van der Waals surface area contributed by atoms with E-state index in [0.717, 1.165) is 18.8 Å². The summed E-state index contributed by atoms with van der Waals surface area (Å²) in [6, 6.07) is 0. The molecule has 0 spiro atoms. The Morgan fingerprint density at radius 3 is 2.63 bits per heavy atom. The molecule has 0 aromatic carbocycles. The Morgan fingerprint density at radius 1 is 1.37 bits per heavy atom. The Bertz CT molecular complexity index is 387. The van der Waals surface area contributed by atoms with Crippen LogP contribution in [-0.4, -0.2) is 27.6 Å². The van der Waals surface area contributed by atoms with Gasteiger partial charge in [-0.05, 0) is 24.2 Å². The minimum absolute atomic E-state index is 0.111. The monoisotopic (exact) mass is 265 g/mol. The van der Waals surface area contributed by atoms with Crippen LogP contribution in [0.4, 0.5) is 5.82 Å². The van der Waals surface area contributed by atoms with Crippen molar-refractivity contribution < 1.29 is 9.90 Å². The maximum Gasteiger partial charge on any atom is 0.303 e. The van der Waals surface area contributed by atoms with Gasteiger partial charge in [-0.15, -0.1) is 0 Å². The third-order valence-electron chi connectivity index (χ3n) is 3.29. The summed E-state index contributed by atoms with van der Waals surface area (Å²) in [6.07, 6.45) is 6.83. The predicted molar refractivity (Wildman–Crippen MR) is 75.0 cm³/mol. The van der Waals surface area contributed by atoms with Crippen molar-refractivity contribution in [3.8, 4) is 0 Å². The molecule has 0 aliphatic carbocycles. The fourth-order valence-corrected chi connectivity index (χ4v) is 2.07. The van der Waals surface area contributed by atoms with Crippen LogP contribution in [-0.2, 0) is 4.79 Å². The second-order valence-electron chi connectivity index (χ2n) is 5.80. The predicted octanol–water partition coefficient (Wildman–Crippen LogP) is 2.81. The number of rotatable bonds is 7. The minimum Gasteiger partial charge on any atom is -0.481 e. The van der Waals surface area contributed by atoms with E-state index in [2.05, 4.69) is 36.1 Å².